The minimum Gasteiger partial charge on any atom is -0.497 e. The van der Waals surface area contributed by atoms with E-state index < -0.39 is 0 Å². The average molecular weight is 323 g/mol. The highest BCUT2D eigenvalue weighted by molar-refractivity contribution is 5.91. The zero-order valence-electron chi connectivity index (χ0n) is 13.7. The number of fused-ring (bicyclic) bond motifs is 1. The lowest BCUT2D eigenvalue weighted by Crippen LogP contribution is -2.36. The predicted octanol–water partition coefficient (Wildman–Crippen LogP) is 2.97. The van der Waals surface area contributed by atoms with E-state index in [-0.39, 0.29) is 12.0 Å². The highest BCUT2D eigenvalue weighted by Crippen LogP contribution is 2.19. The van der Waals surface area contributed by atoms with Crippen LogP contribution in [0.2, 0.25) is 0 Å². The maximum atomic E-state index is 11.9. The van der Waals surface area contributed by atoms with Gasteiger partial charge in [-0.3, -0.25) is 4.79 Å². The molecule has 0 bridgehead atoms. The molecule has 1 unspecified atom stereocenters. The van der Waals surface area contributed by atoms with Crippen LogP contribution in [-0.4, -0.2) is 25.7 Å². The van der Waals surface area contributed by atoms with Crippen LogP contribution in [0.1, 0.15) is 16.7 Å². The van der Waals surface area contributed by atoms with Crippen LogP contribution in [0.5, 0.6) is 5.75 Å². The van der Waals surface area contributed by atoms with Gasteiger partial charge < -0.3 is 14.8 Å². The zero-order chi connectivity index (χ0) is 16.8. The predicted molar refractivity (Wildman–Crippen MR) is 93.8 cm³/mol. The van der Waals surface area contributed by atoms with E-state index in [2.05, 4.69) is 17.4 Å². The van der Waals surface area contributed by atoms with E-state index in [9.17, 15) is 4.79 Å². The molecule has 1 N–H and O–H groups in total. The van der Waals surface area contributed by atoms with Crippen LogP contribution in [0.3, 0.4) is 0 Å². The lowest BCUT2D eigenvalue weighted by molar-refractivity contribution is -0.117. The van der Waals surface area contributed by atoms with Gasteiger partial charge in [0.25, 0.3) is 0 Å². The quantitative estimate of drug-likeness (QED) is 0.861. The van der Waals surface area contributed by atoms with Gasteiger partial charge in [0.05, 0.1) is 19.8 Å². The van der Waals surface area contributed by atoms with E-state index in [4.69, 9.17) is 9.47 Å². The minimum absolute atomic E-state index is 0.0261. The van der Waals surface area contributed by atoms with Crippen molar-refractivity contribution >= 4 is 12.0 Å². The lowest BCUT2D eigenvalue weighted by atomic mass is 9.99. The van der Waals surface area contributed by atoms with E-state index >= 15 is 0 Å². The molecule has 2 aromatic carbocycles. The molecule has 4 nitrogen and oxygen atoms in total. The summed E-state index contributed by atoms with van der Waals surface area (Å²) in [5.41, 5.74) is 3.49. The molecule has 1 heterocycles. The molecule has 2 aromatic rings. The molecule has 3 rings (SSSR count). The molecule has 1 aliphatic heterocycles. The molecular weight excluding hydrogens is 302 g/mol. The fraction of sp³-hybridized carbons (Fsp3) is 0.250. The first-order valence-electron chi connectivity index (χ1n) is 8.03. The Hall–Kier alpha value is -2.59. The maximum absolute atomic E-state index is 11.9. The summed E-state index contributed by atoms with van der Waals surface area (Å²) in [6, 6.07) is 15.8. The number of amides is 1. The third-order valence-electron chi connectivity index (χ3n) is 4.09. The van der Waals surface area contributed by atoms with Crippen LogP contribution in [-0.2, 0) is 22.6 Å². The normalized spacial score (nSPS) is 16.6. The third-order valence-corrected chi connectivity index (χ3v) is 4.09. The van der Waals surface area contributed by atoms with Gasteiger partial charge in [0.2, 0.25) is 5.91 Å². The van der Waals surface area contributed by atoms with Crippen molar-refractivity contribution in [3.8, 4) is 5.75 Å². The Morgan fingerprint density at radius 3 is 2.71 bits per heavy atom. The van der Waals surface area contributed by atoms with E-state index in [1.165, 1.54) is 11.1 Å². The largest absolute Gasteiger partial charge is 0.497 e. The first-order valence-corrected chi connectivity index (χ1v) is 8.03. The number of methoxy groups -OCH3 is 1. The number of hydrogen-bond donors (Lipinski definition) is 1. The van der Waals surface area contributed by atoms with Gasteiger partial charge in [-0.05, 0) is 34.9 Å². The molecule has 0 radical (unpaired) electrons. The van der Waals surface area contributed by atoms with Crippen molar-refractivity contribution in [1.29, 1.82) is 0 Å². The van der Waals surface area contributed by atoms with E-state index in [1.54, 1.807) is 19.3 Å². The SMILES string of the molecule is COc1ccc(/C=C/C(=O)NCC2Cc3ccccc3CO2)cc1. The van der Waals surface area contributed by atoms with Crippen molar-refractivity contribution in [2.75, 3.05) is 13.7 Å². The molecule has 4 heteroatoms. The Kier molecular flexibility index (Phi) is 5.29. The van der Waals surface area contributed by atoms with Crippen molar-refractivity contribution < 1.29 is 14.3 Å². The fourth-order valence-electron chi connectivity index (χ4n) is 2.70. The Labute approximate surface area is 142 Å². The standard InChI is InChI=1S/C20H21NO3/c1-23-18-9-6-15(7-10-18)8-11-20(22)21-13-19-12-16-4-2-3-5-17(16)14-24-19/h2-11,19H,12-14H2,1H3,(H,21,22)/b11-8+. The van der Waals surface area contributed by atoms with E-state index in [1.807, 2.05) is 36.4 Å². The van der Waals surface area contributed by atoms with Gasteiger partial charge in [-0.2, -0.15) is 0 Å². The Morgan fingerprint density at radius 1 is 1.21 bits per heavy atom. The van der Waals surface area contributed by atoms with Crippen LogP contribution < -0.4 is 10.1 Å². The first-order chi connectivity index (χ1) is 11.7. The Morgan fingerprint density at radius 2 is 1.96 bits per heavy atom. The molecule has 0 saturated heterocycles. The van der Waals surface area contributed by atoms with Crippen molar-refractivity contribution in [2.45, 2.75) is 19.1 Å². The monoisotopic (exact) mass is 323 g/mol. The Balaban J connectivity index is 1.48. The summed E-state index contributed by atoms with van der Waals surface area (Å²) in [4.78, 5) is 11.9. The highest BCUT2D eigenvalue weighted by Gasteiger charge is 2.18. The molecule has 1 atom stereocenters. The molecule has 24 heavy (non-hydrogen) atoms. The summed E-state index contributed by atoms with van der Waals surface area (Å²) in [6.45, 7) is 1.12. The van der Waals surface area contributed by atoms with Crippen LogP contribution in [0.15, 0.2) is 54.6 Å². The number of ether oxygens (including phenoxy) is 2. The van der Waals surface area contributed by atoms with Crippen LogP contribution in [0.25, 0.3) is 6.08 Å². The van der Waals surface area contributed by atoms with Gasteiger partial charge in [0, 0.05) is 19.0 Å². The van der Waals surface area contributed by atoms with Gasteiger partial charge in [0.15, 0.2) is 0 Å². The number of carbonyl (C=O) groups is 1. The molecule has 0 aromatic heterocycles. The van der Waals surface area contributed by atoms with Gasteiger partial charge >= 0.3 is 0 Å². The third kappa shape index (κ3) is 4.24. The first kappa shape index (κ1) is 16.3. The average Bonchev–Trinajstić information content (AvgIpc) is 2.65. The molecule has 1 amide bonds. The summed E-state index contributed by atoms with van der Waals surface area (Å²) in [5.74, 6) is 0.680. The maximum Gasteiger partial charge on any atom is 0.244 e. The zero-order valence-corrected chi connectivity index (χ0v) is 13.7. The number of hydrogen-bond acceptors (Lipinski definition) is 3. The number of carbonyl (C=O) groups excluding carboxylic acids is 1. The van der Waals surface area contributed by atoms with Crippen molar-refractivity contribution in [3.63, 3.8) is 0 Å². The van der Waals surface area contributed by atoms with Crippen LogP contribution >= 0.6 is 0 Å². The minimum atomic E-state index is -0.117. The van der Waals surface area contributed by atoms with Gasteiger partial charge in [-0.25, -0.2) is 0 Å². The van der Waals surface area contributed by atoms with Crippen LogP contribution in [0.4, 0.5) is 0 Å². The highest BCUT2D eigenvalue weighted by atomic mass is 16.5. The van der Waals surface area contributed by atoms with Crippen molar-refractivity contribution in [2.24, 2.45) is 0 Å². The molecule has 1 aliphatic rings. The second-order valence-electron chi connectivity index (χ2n) is 5.76. The fourth-order valence-corrected chi connectivity index (χ4v) is 2.70. The second kappa shape index (κ2) is 7.79. The van der Waals surface area contributed by atoms with E-state index in [0.29, 0.717) is 13.2 Å². The van der Waals surface area contributed by atoms with Crippen molar-refractivity contribution in [3.05, 3.63) is 71.3 Å². The molecule has 124 valence electrons. The van der Waals surface area contributed by atoms with Crippen molar-refractivity contribution in [1.82, 2.24) is 5.32 Å². The number of nitrogens with one attached hydrogen (secondary N) is 1. The smallest absolute Gasteiger partial charge is 0.244 e. The van der Waals surface area contributed by atoms with Gasteiger partial charge in [0.1, 0.15) is 5.75 Å². The topological polar surface area (TPSA) is 47.6 Å². The lowest BCUT2D eigenvalue weighted by Gasteiger charge is -2.25. The summed E-state index contributed by atoms with van der Waals surface area (Å²) >= 11 is 0. The Bertz CT molecular complexity index is 722. The summed E-state index contributed by atoms with van der Waals surface area (Å²) in [6.07, 6.45) is 4.18. The van der Waals surface area contributed by atoms with Gasteiger partial charge in [-0.1, -0.05) is 36.4 Å². The summed E-state index contributed by atoms with van der Waals surface area (Å²) in [5, 5.41) is 2.90. The molecular formula is C20H21NO3. The second-order valence-corrected chi connectivity index (χ2v) is 5.76. The summed E-state index contributed by atoms with van der Waals surface area (Å²) < 4.78 is 10.9. The molecule has 0 aliphatic carbocycles. The summed E-state index contributed by atoms with van der Waals surface area (Å²) in [7, 11) is 1.63. The molecule has 0 spiro atoms. The van der Waals surface area contributed by atoms with E-state index in [0.717, 1.165) is 17.7 Å². The van der Waals surface area contributed by atoms with Gasteiger partial charge in [-0.15, -0.1) is 0 Å². The molecule has 0 fully saturated rings. The number of rotatable bonds is 5. The number of benzene rings is 2. The molecule has 0 saturated carbocycles. The van der Waals surface area contributed by atoms with Crippen LogP contribution in [0, 0.1) is 0 Å².